The Bertz CT molecular complexity index is 1190. The third-order valence-corrected chi connectivity index (χ3v) is 7.11. The minimum absolute atomic E-state index is 0.105. The molecule has 10 heteroatoms. The summed E-state index contributed by atoms with van der Waals surface area (Å²) >= 11 is 0. The zero-order valence-electron chi connectivity index (χ0n) is 16.0. The topological polar surface area (TPSA) is 118 Å². The van der Waals surface area contributed by atoms with Gasteiger partial charge in [0.15, 0.2) is 4.47 Å². The molecule has 0 heterocycles. The summed E-state index contributed by atoms with van der Waals surface area (Å²) in [7, 11) is -3.72. The van der Waals surface area contributed by atoms with Gasteiger partial charge in [0.1, 0.15) is 0 Å². The molecule has 0 saturated heterocycles. The van der Waals surface area contributed by atoms with Crippen LogP contribution in [0.1, 0.15) is 35.1 Å². The van der Waals surface area contributed by atoms with E-state index in [0.29, 0.717) is 0 Å². The van der Waals surface area contributed by atoms with Crippen molar-refractivity contribution in [3.05, 3.63) is 74.2 Å². The summed E-state index contributed by atoms with van der Waals surface area (Å²) in [5, 5.41) is 13.9. The molecular formula is C20H19N5O4S. The van der Waals surface area contributed by atoms with Crippen molar-refractivity contribution in [1.29, 1.82) is 0 Å². The molecule has 2 aliphatic carbocycles. The fourth-order valence-corrected chi connectivity index (χ4v) is 5.40. The molecule has 2 N–H and O–H groups in total. The molecule has 0 saturated carbocycles. The molecular weight excluding hydrogens is 406 g/mol. The zero-order valence-corrected chi connectivity index (χ0v) is 16.8. The molecule has 0 spiro atoms. The van der Waals surface area contributed by atoms with Crippen molar-refractivity contribution in [2.24, 2.45) is 4.47 Å². The molecule has 1 unspecified atom stereocenters. The van der Waals surface area contributed by atoms with Crippen molar-refractivity contribution in [2.45, 2.75) is 43.4 Å². The van der Waals surface area contributed by atoms with Crippen LogP contribution < -0.4 is 10.0 Å². The van der Waals surface area contributed by atoms with Crippen molar-refractivity contribution in [1.82, 2.24) is 4.72 Å². The number of rotatable bonds is 4. The van der Waals surface area contributed by atoms with Crippen molar-refractivity contribution in [3.8, 4) is 0 Å². The first kappa shape index (κ1) is 19.8. The number of non-ortho nitro benzene ring substituents is 1. The number of nitro groups is 1. The summed E-state index contributed by atoms with van der Waals surface area (Å²) in [6.45, 7) is 6.99. The summed E-state index contributed by atoms with van der Waals surface area (Å²) < 4.78 is 18.9. The second-order valence-corrected chi connectivity index (χ2v) is 9.14. The Kier molecular flexibility index (Phi) is 5.13. The number of urea groups is 1. The van der Waals surface area contributed by atoms with Crippen LogP contribution in [-0.4, -0.2) is 15.2 Å². The Morgan fingerprint density at radius 3 is 2.40 bits per heavy atom. The zero-order chi connectivity index (χ0) is 21.3. The van der Waals surface area contributed by atoms with E-state index in [4.69, 9.17) is 6.57 Å². The molecule has 0 bridgehead atoms. The molecule has 154 valence electrons. The van der Waals surface area contributed by atoms with Gasteiger partial charge in [-0.15, -0.1) is 4.95 Å². The van der Waals surface area contributed by atoms with Gasteiger partial charge in [-0.25, -0.2) is 13.7 Å². The fraction of sp³-hybridized carbons (Fsp3) is 0.300. The average molecular weight is 425 g/mol. The van der Waals surface area contributed by atoms with Crippen LogP contribution >= 0.6 is 0 Å². The molecule has 9 nitrogen and oxygen atoms in total. The molecule has 0 fully saturated rings. The van der Waals surface area contributed by atoms with Gasteiger partial charge in [-0.3, -0.25) is 10.1 Å². The van der Waals surface area contributed by atoms with E-state index in [0.717, 1.165) is 61.4 Å². The summed E-state index contributed by atoms with van der Waals surface area (Å²) in [4.78, 5) is 25.9. The molecule has 0 radical (unpaired) electrons. The summed E-state index contributed by atoms with van der Waals surface area (Å²) in [5.41, 5.74) is 5.14. The molecule has 4 rings (SSSR count). The molecule has 0 aromatic heterocycles. The standard InChI is InChI=1S/C20H19N5O4S/c1-21-24-30(29,16-8-4-7-15(12-16)25(27)28)23-20(26)22-19-17-9-2-5-13(17)11-14-6-3-10-18(14)19/h4,7-8,11-12H,2-3,5-6,9-10H2,(H2,22,23,24,26,29). The Balaban J connectivity index is 1.66. The molecule has 2 aliphatic rings. The minimum Gasteiger partial charge on any atom is -0.307 e. The second-order valence-electron chi connectivity index (χ2n) is 7.25. The van der Waals surface area contributed by atoms with Gasteiger partial charge in [0.25, 0.3) is 5.69 Å². The maximum Gasteiger partial charge on any atom is 0.332 e. The Morgan fingerprint density at radius 2 is 1.80 bits per heavy atom. The molecule has 1 atom stereocenters. The number of aryl methyl sites for hydroxylation is 2. The van der Waals surface area contributed by atoms with Gasteiger partial charge in [0.05, 0.1) is 9.82 Å². The number of hydrogen-bond donors (Lipinski definition) is 2. The smallest absolute Gasteiger partial charge is 0.307 e. The first-order chi connectivity index (χ1) is 14.4. The van der Waals surface area contributed by atoms with Crippen molar-refractivity contribution in [2.75, 3.05) is 5.32 Å². The number of benzene rings is 2. The van der Waals surface area contributed by atoms with Crippen LogP contribution in [0.5, 0.6) is 0 Å². The van der Waals surface area contributed by atoms with Crippen LogP contribution in [0.4, 0.5) is 16.2 Å². The molecule has 0 aliphatic heterocycles. The maximum absolute atomic E-state index is 13.3. The van der Waals surface area contributed by atoms with Gasteiger partial charge in [-0.05, 0) is 66.8 Å². The van der Waals surface area contributed by atoms with Crippen LogP contribution in [0.25, 0.3) is 4.95 Å². The lowest BCUT2D eigenvalue weighted by Crippen LogP contribution is -2.34. The molecule has 2 aromatic rings. The van der Waals surface area contributed by atoms with E-state index in [1.165, 1.54) is 29.3 Å². The van der Waals surface area contributed by atoms with E-state index in [1.807, 2.05) is 0 Å². The largest absolute Gasteiger partial charge is 0.332 e. The highest BCUT2D eigenvalue weighted by Gasteiger charge is 2.27. The third-order valence-electron chi connectivity index (χ3n) is 5.45. The van der Waals surface area contributed by atoms with E-state index in [9.17, 15) is 19.1 Å². The predicted molar refractivity (Wildman–Crippen MR) is 111 cm³/mol. The first-order valence-electron chi connectivity index (χ1n) is 9.54. The number of amides is 2. The van der Waals surface area contributed by atoms with Crippen LogP contribution in [0.3, 0.4) is 0 Å². The van der Waals surface area contributed by atoms with E-state index in [-0.39, 0.29) is 10.6 Å². The number of hydrogen-bond acceptors (Lipinski definition) is 5. The van der Waals surface area contributed by atoms with Gasteiger partial charge in [0, 0.05) is 17.8 Å². The van der Waals surface area contributed by atoms with Gasteiger partial charge < -0.3 is 5.32 Å². The maximum atomic E-state index is 13.3. The number of fused-ring (bicyclic) bond motifs is 2. The van der Waals surface area contributed by atoms with Crippen LogP contribution in [-0.2, 0) is 35.6 Å². The van der Waals surface area contributed by atoms with Crippen LogP contribution in [0.2, 0.25) is 0 Å². The van der Waals surface area contributed by atoms with E-state index >= 15 is 0 Å². The molecule has 2 amide bonds. The highest BCUT2D eigenvalue weighted by atomic mass is 32.2. The van der Waals surface area contributed by atoms with Crippen LogP contribution in [0.15, 0.2) is 39.7 Å². The quantitative estimate of drug-likeness (QED) is 0.438. The Labute approximate surface area is 173 Å². The molecule has 30 heavy (non-hydrogen) atoms. The van der Waals surface area contributed by atoms with Gasteiger partial charge >= 0.3 is 6.03 Å². The van der Waals surface area contributed by atoms with Gasteiger partial charge in [-0.1, -0.05) is 12.1 Å². The number of nitrogens with zero attached hydrogens (tertiary/aromatic N) is 3. The SMILES string of the molecule is [C-]#[N+]N=S(=O)(NC(=O)Nc1c2c(cc3c1CCC3)CCC2)c1cccc([N+](=O)[O-])c1. The lowest BCUT2D eigenvalue weighted by atomic mass is 9.99. The monoisotopic (exact) mass is 425 g/mol. The van der Waals surface area contributed by atoms with Gasteiger partial charge in [0.2, 0.25) is 9.92 Å². The van der Waals surface area contributed by atoms with Crippen molar-refractivity contribution in [3.63, 3.8) is 0 Å². The lowest BCUT2D eigenvalue weighted by Gasteiger charge is -2.17. The van der Waals surface area contributed by atoms with E-state index in [2.05, 4.69) is 25.5 Å². The lowest BCUT2D eigenvalue weighted by molar-refractivity contribution is -0.385. The predicted octanol–water partition coefficient (Wildman–Crippen LogP) is 3.97. The molecule has 2 aromatic carbocycles. The number of nitrogens with one attached hydrogen (secondary N) is 2. The normalized spacial score (nSPS) is 16.0. The van der Waals surface area contributed by atoms with E-state index < -0.39 is 20.9 Å². The van der Waals surface area contributed by atoms with Gasteiger partial charge in [-0.2, -0.15) is 6.57 Å². The van der Waals surface area contributed by atoms with Crippen molar-refractivity contribution < 1.29 is 13.9 Å². The van der Waals surface area contributed by atoms with E-state index in [1.54, 1.807) is 0 Å². The number of anilines is 1. The highest BCUT2D eigenvalue weighted by Crippen LogP contribution is 2.38. The number of carbonyl (C=O) groups is 1. The van der Waals surface area contributed by atoms with Crippen molar-refractivity contribution >= 4 is 27.3 Å². The Morgan fingerprint density at radius 1 is 1.13 bits per heavy atom. The highest BCUT2D eigenvalue weighted by molar-refractivity contribution is 7.92. The minimum atomic E-state index is -3.72. The first-order valence-corrected chi connectivity index (χ1v) is 11.1. The average Bonchev–Trinajstić information content (AvgIpc) is 3.37. The summed E-state index contributed by atoms with van der Waals surface area (Å²) in [5.74, 6) is 0. The summed E-state index contributed by atoms with van der Waals surface area (Å²) in [6.07, 6.45) is 5.71. The second kappa shape index (κ2) is 7.76. The summed E-state index contributed by atoms with van der Waals surface area (Å²) in [6, 6.07) is 6.43. The van der Waals surface area contributed by atoms with Crippen LogP contribution in [0, 0.1) is 16.7 Å². The fourth-order valence-electron chi connectivity index (χ4n) is 4.18. The Hall–Kier alpha value is -3.45. The third kappa shape index (κ3) is 3.59. The number of carbonyl (C=O) groups excluding carboxylic acids is 1. The number of nitro benzene ring substituents is 1.